The van der Waals surface area contributed by atoms with E-state index >= 15 is 0 Å². The highest BCUT2D eigenvalue weighted by atomic mass is 16.5. The van der Waals surface area contributed by atoms with Gasteiger partial charge in [-0.15, -0.1) is 0 Å². The second-order valence-corrected chi connectivity index (χ2v) is 6.17. The molecular weight excluding hydrogens is 210 g/mol. The molecule has 0 radical (unpaired) electrons. The SMILES string of the molecule is COCCNCC(C)CC1CCC(C)C(C)C1. The zero-order chi connectivity index (χ0) is 12.7. The van der Waals surface area contributed by atoms with E-state index in [9.17, 15) is 0 Å². The van der Waals surface area contributed by atoms with Gasteiger partial charge in [-0.1, -0.05) is 33.6 Å². The van der Waals surface area contributed by atoms with E-state index < -0.39 is 0 Å². The quantitative estimate of drug-likeness (QED) is 0.690. The molecule has 0 bridgehead atoms. The standard InChI is InChI=1S/C15H31NO/c1-12(11-16-7-8-17-4)9-15-6-5-13(2)14(3)10-15/h12-16H,5-11H2,1-4H3. The molecule has 2 heteroatoms. The molecular formula is C15H31NO. The normalized spacial score (nSPS) is 31.4. The van der Waals surface area contributed by atoms with Crippen LogP contribution in [0.5, 0.6) is 0 Å². The molecule has 1 N–H and O–H groups in total. The van der Waals surface area contributed by atoms with Gasteiger partial charge in [0, 0.05) is 13.7 Å². The van der Waals surface area contributed by atoms with Crippen molar-refractivity contribution in [1.82, 2.24) is 5.32 Å². The lowest BCUT2D eigenvalue weighted by Gasteiger charge is -2.33. The monoisotopic (exact) mass is 241 g/mol. The van der Waals surface area contributed by atoms with E-state index in [0.29, 0.717) is 0 Å². The summed E-state index contributed by atoms with van der Waals surface area (Å²) in [5.74, 6) is 3.65. The molecule has 0 aromatic rings. The molecule has 0 saturated heterocycles. The minimum absolute atomic E-state index is 0.803. The van der Waals surface area contributed by atoms with Crippen molar-refractivity contribution in [2.45, 2.75) is 46.5 Å². The maximum absolute atomic E-state index is 5.04. The molecule has 4 unspecified atom stereocenters. The van der Waals surface area contributed by atoms with Crippen molar-refractivity contribution in [2.24, 2.45) is 23.7 Å². The Balaban J connectivity index is 2.11. The highest BCUT2D eigenvalue weighted by Gasteiger charge is 2.25. The van der Waals surface area contributed by atoms with Gasteiger partial charge in [0.1, 0.15) is 0 Å². The minimum atomic E-state index is 0.803. The Hall–Kier alpha value is -0.0800. The van der Waals surface area contributed by atoms with E-state index in [2.05, 4.69) is 26.1 Å². The van der Waals surface area contributed by atoms with Gasteiger partial charge in [0.2, 0.25) is 0 Å². The Morgan fingerprint density at radius 1 is 1.24 bits per heavy atom. The van der Waals surface area contributed by atoms with E-state index in [1.165, 1.54) is 25.7 Å². The van der Waals surface area contributed by atoms with Crippen LogP contribution >= 0.6 is 0 Å². The molecule has 0 aromatic heterocycles. The fourth-order valence-electron chi connectivity index (χ4n) is 3.05. The summed E-state index contributed by atoms with van der Waals surface area (Å²) in [5.41, 5.74) is 0. The van der Waals surface area contributed by atoms with Crippen molar-refractivity contribution in [3.8, 4) is 0 Å². The van der Waals surface area contributed by atoms with Crippen molar-refractivity contribution in [3.05, 3.63) is 0 Å². The van der Waals surface area contributed by atoms with Crippen LogP contribution in [0.4, 0.5) is 0 Å². The number of ether oxygens (including phenoxy) is 1. The molecule has 0 aromatic carbocycles. The molecule has 102 valence electrons. The zero-order valence-corrected chi connectivity index (χ0v) is 12.2. The lowest BCUT2D eigenvalue weighted by atomic mass is 9.73. The van der Waals surface area contributed by atoms with Gasteiger partial charge in [0.25, 0.3) is 0 Å². The average Bonchev–Trinajstić information content (AvgIpc) is 2.30. The molecule has 1 aliphatic carbocycles. The second-order valence-electron chi connectivity index (χ2n) is 6.17. The molecule has 1 rings (SSSR count). The van der Waals surface area contributed by atoms with Gasteiger partial charge in [-0.25, -0.2) is 0 Å². The third-order valence-corrected chi connectivity index (χ3v) is 4.42. The summed E-state index contributed by atoms with van der Waals surface area (Å²) < 4.78 is 5.04. The summed E-state index contributed by atoms with van der Waals surface area (Å²) in [6.45, 7) is 10.2. The van der Waals surface area contributed by atoms with Crippen LogP contribution in [-0.4, -0.2) is 26.8 Å². The lowest BCUT2D eigenvalue weighted by Crippen LogP contribution is -2.28. The smallest absolute Gasteiger partial charge is 0.0587 e. The maximum Gasteiger partial charge on any atom is 0.0587 e. The second kappa shape index (κ2) is 8.10. The van der Waals surface area contributed by atoms with E-state index in [0.717, 1.165) is 43.4 Å². The molecule has 4 atom stereocenters. The Kier molecular flexibility index (Phi) is 7.14. The summed E-state index contributed by atoms with van der Waals surface area (Å²) in [6.07, 6.45) is 5.74. The van der Waals surface area contributed by atoms with Gasteiger partial charge in [0.15, 0.2) is 0 Å². The maximum atomic E-state index is 5.04. The predicted octanol–water partition coefficient (Wildman–Crippen LogP) is 3.32. The van der Waals surface area contributed by atoms with Gasteiger partial charge in [0.05, 0.1) is 6.61 Å². The van der Waals surface area contributed by atoms with Crippen LogP contribution in [0.1, 0.15) is 46.5 Å². The number of nitrogens with one attached hydrogen (secondary N) is 1. The van der Waals surface area contributed by atoms with E-state index in [1.807, 2.05) is 0 Å². The largest absolute Gasteiger partial charge is 0.383 e. The Labute approximate surface area is 108 Å². The molecule has 1 aliphatic rings. The first-order valence-electron chi connectivity index (χ1n) is 7.33. The molecule has 0 amide bonds. The van der Waals surface area contributed by atoms with Crippen LogP contribution in [0.3, 0.4) is 0 Å². The molecule has 1 saturated carbocycles. The highest BCUT2D eigenvalue weighted by molar-refractivity contribution is 4.77. The molecule has 1 fully saturated rings. The van der Waals surface area contributed by atoms with Crippen molar-refractivity contribution in [2.75, 3.05) is 26.8 Å². The summed E-state index contributed by atoms with van der Waals surface area (Å²) in [7, 11) is 1.76. The third kappa shape index (κ3) is 5.87. The molecule has 17 heavy (non-hydrogen) atoms. The minimum Gasteiger partial charge on any atom is -0.383 e. The van der Waals surface area contributed by atoms with Gasteiger partial charge in [-0.3, -0.25) is 0 Å². The van der Waals surface area contributed by atoms with E-state index in [1.54, 1.807) is 7.11 Å². The highest BCUT2D eigenvalue weighted by Crippen LogP contribution is 2.36. The van der Waals surface area contributed by atoms with Gasteiger partial charge >= 0.3 is 0 Å². The van der Waals surface area contributed by atoms with Gasteiger partial charge in [-0.2, -0.15) is 0 Å². The fraction of sp³-hybridized carbons (Fsp3) is 1.00. The first kappa shape index (κ1) is 15.0. The molecule has 0 spiro atoms. The fourth-order valence-corrected chi connectivity index (χ4v) is 3.05. The van der Waals surface area contributed by atoms with Crippen LogP contribution < -0.4 is 5.32 Å². The van der Waals surface area contributed by atoms with Gasteiger partial charge in [-0.05, 0) is 43.1 Å². The Morgan fingerprint density at radius 2 is 2.00 bits per heavy atom. The number of hydrogen-bond acceptors (Lipinski definition) is 2. The Bertz CT molecular complexity index is 195. The van der Waals surface area contributed by atoms with Crippen molar-refractivity contribution in [3.63, 3.8) is 0 Å². The average molecular weight is 241 g/mol. The summed E-state index contributed by atoms with van der Waals surface area (Å²) in [6, 6.07) is 0. The van der Waals surface area contributed by atoms with Crippen molar-refractivity contribution < 1.29 is 4.74 Å². The first-order valence-corrected chi connectivity index (χ1v) is 7.33. The van der Waals surface area contributed by atoms with E-state index in [-0.39, 0.29) is 0 Å². The Morgan fingerprint density at radius 3 is 2.65 bits per heavy atom. The number of rotatable bonds is 7. The summed E-state index contributed by atoms with van der Waals surface area (Å²) in [4.78, 5) is 0. The molecule has 0 aliphatic heterocycles. The molecule has 2 nitrogen and oxygen atoms in total. The van der Waals surface area contributed by atoms with Crippen LogP contribution in [0.25, 0.3) is 0 Å². The number of hydrogen-bond donors (Lipinski definition) is 1. The topological polar surface area (TPSA) is 21.3 Å². The first-order chi connectivity index (χ1) is 8.13. The van der Waals surface area contributed by atoms with Crippen LogP contribution in [0.15, 0.2) is 0 Å². The van der Waals surface area contributed by atoms with Crippen LogP contribution in [0.2, 0.25) is 0 Å². The number of methoxy groups -OCH3 is 1. The van der Waals surface area contributed by atoms with Crippen molar-refractivity contribution in [1.29, 1.82) is 0 Å². The van der Waals surface area contributed by atoms with Gasteiger partial charge < -0.3 is 10.1 Å². The lowest BCUT2D eigenvalue weighted by molar-refractivity contribution is 0.179. The summed E-state index contributed by atoms with van der Waals surface area (Å²) >= 11 is 0. The third-order valence-electron chi connectivity index (χ3n) is 4.42. The zero-order valence-electron chi connectivity index (χ0n) is 12.2. The van der Waals surface area contributed by atoms with Crippen LogP contribution in [-0.2, 0) is 4.74 Å². The van der Waals surface area contributed by atoms with Crippen molar-refractivity contribution >= 4 is 0 Å². The van der Waals surface area contributed by atoms with E-state index in [4.69, 9.17) is 4.74 Å². The predicted molar refractivity (Wildman–Crippen MR) is 74.2 cm³/mol. The molecule has 0 heterocycles. The summed E-state index contributed by atoms with van der Waals surface area (Å²) in [5, 5.41) is 3.47. The van der Waals surface area contributed by atoms with Crippen LogP contribution in [0, 0.1) is 23.7 Å².